The van der Waals surface area contributed by atoms with E-state index in [0.717, 1.165) is 4.74 Å². The van der Waals surface area contributed by atoms with Crippen molar-refractivity contribution < 1.29 is 14.2 Å². The van der Waals surface area contributed by atoms with Gasteiger partial charge in [0.15, 0.2) is 0 Å². The topological polar surface area (TPSA) is 120 Å². The quantitative estimate of drug-likeness (QED) is 0.416. The molecule has 1 amide bonds. The molecule has 3 aromatic rings. The first-order valence-electron chi connectivity index (χ1n) is 7.67. The van der Waals surface area contributed by atoms with Crippen molar-refractivity contribution in [3.63, 3.8) is 0 Å². The number of benzene rings is 1. The highest BCUT2D eigenvalue weighted by Crippen LogP contribution is 2.27. The van der Waals surface area contributed by atoms with Crippen LogP contribution in [-0.4, -0.2) is 20.6 Å². The Kier molecular flexibility index (Phi) is 4.78. The number of hydrogen-bond donors (Lipinski definition) is 1. The number of nitrogens with one attached hydrogen (secondary N) is 1. The Bertz CT molecular complexity index is 1100. The Hall–Kier alpha value is -3.46. The fourth-order valence-corrected chi connectivity index (χ4v) is 2.86. The summed E-state index contributed by atoms with van der Waals surface area (Å²) in [4.78, 5) is 38.5. The van der Waals surface area contributed by atoms with Gasteiger partial charge in [-0.15, -0.1) is 0 Å². The smallest absolute Gasteiger partial charge is 0.319 e. The Morgan fingerprint density at radius 2 is 1.96 bits per heavy atom. The number of amides is 1. The predicted molar refractivity (Wildman–Crippen MR) is 98.0 cm³/mol. The number of nitro groups is 1. The Balaban J connectivity index is 1.88. The lowest BCUT2D eigenvalue weighted by Gasteiger charge is -2.07. The van der Waals surface area contributed by atoms with Crippen LogP contribution in [0.3, 0.4) is 0 Å². The Labute approximate surface area is 157 Å². The van der Waals surface area contributed by atoms with Crippen molar-refractivity contribution in [1.82, 2.24) is 9.72 Å². The molecular weight excluding hydrogens is 376 g/mol. The van der Waals surface area contributed by atoms with E-state index in [0.29, 0.717) is 22.6 Å². The third-order valence-corrected chi connectivity index (χ3v) is 4.14. The van der Waals surface area contributed by atoms with Crippen LogP contribution in [0, 0.1) is 17.0 Å². The number of nitrogens with zero attached hydrogens (tertiary/aromatic N) is 3. The van der Waals surface area contributed by atoms with Crippen molar-refractivity contribution in [2.24, 2.45) is 7.05 Å². The monoisotopic (exact) mass is 388 g/mol. The van der Waals surface area contributed by atoms with E-state index in [1.54, 1.807) is 31.2 Å². The summed E-state index contributed by atoms with van der Waals surface area (Å²) in [5.74, 6) is -0.226. The first-order valence-corrected chi connectivity index (χ1v) is 8.05. The maximum absolute atomic E-state index is 12.4. The summed E-state index contributed by atoms with van der Waals surface area (Å²) in [6.07, 6.45) is 1.21. The molecule has 0 spiro atoms. The minimum atomic E-state index is -0.759. The number of pyridine rings is 1. The van der Waals surface area contributed by atoms with E-state index in [4.69, 9.17) is 16.1 Å². The van der Waals surface area contributed by atoms with Crippen molar-refractivity contribution in [2.45, 2.75) is 6.92 Å². The summed E-state index contributed by atoms with van der Waals surface area (Å²) < 4.78 is 6.38. The van der Waals surface area contributed by atoms with Gasteiger partial charge in [-0.2, -0.15) is 4.74 Å². The molecule has 27 heavy (non-hydrogen) atoms. The number of aryl methyl sites for hydroxylation is 2. The summed E-state index contributed by atoms with van der Waals surface area (Å²) in [5.41, 5.74) is 0.398. The van der Waals surface area contributed by atoms with Crippen molar-refractivity contribution >= 4 is 28.9 Å². The molecule has 0 saturated heterocycles. The van der Waals surface area contributed by atoms with Crippen LogP contribution < -0.4 is 10.9 Å². The van der Waals surface area contributed by atoms with E-state index in [-0.39, 0.29) is 16.3 Å². The fraction of sp³-hybridized carbons (Fsp3) is 0.118. The van der Waals surface area contributed by atoms with Crippen LogP contribution in [-0.2, 0) is 7.05 Å². The number of hydrogen-bond acceptors (Lipinski definition) is 6. The highest BCUT2D eigenvalue weighted by Gasteiger charge is 2.25. The summed E-state index contributed by atoms with van der Waals surface area (Å²) >= 11 is 5.72. The molecule has 1 N–H and O–H groups in total. The SMILES string of the molecule is Cc1on(C)c(=O)c1-c1ccc(NC(=O)c2ccnc(Cl)c2[N+](=O)[O-])cc1. The van der Waals surface area contributed by atoms with Crippen LogP contribution >= 0.6 is 11.6 Å². The summed E-state index contributed by atoms with van der Waals surface area (Å²) in [5, 5.41) is 13.3. The molecule has 1 aromatic carbocycles. The number of aromatic nitrogens is 2. The minimum Gasteiger partial charge on any atom is -0.381 e. The molecule has 0 atom stereocenters. The average molecular weight is 389 g/mol. The van der Waals surface area contributed by atoms with Crippen LogP contribution in [0.1, 0.15) is 16.1 Å². The van der Waals surface area contributed by atoms with Crippen molar-refractivity contribution in [1.29, 1.82) is 0 Å². The van der Waals surface area contributed by atoms with Crippen molar-refractivity contribution in [3.8, 4) is 11.1 Å². The van der Waals surface area contributed by atoms with Gasteiger partial charge in [0.25, 0.3) is 11.5 Å². The predicted octanol–water partition coefficient (Wildman–Crippen LogP) is 3.16. The zero-order valence-corrected chi connectivity index (χ0v) is 15.0. The van der Waals surface area contributed by atoms with E-state index in [2.05, 4.69) is 10.3 Å². The summed E-state index contributed by atoms with van der Waals surface area (Å²) in [7, 11) is 1.51. The molecule has 138 valence electrons. The van der Waals surface area contributed by atoms with Gasteiger partial charge in [-0.25, -0.2) is 4.98 Å². The van der Waals surface area contributed by atoms with Gasteiger partial charge < -0.3 is 9.84 Å². The van der Waals surface area contributed by atoms with Crippen molar-refractivity contribution in [3.05, 3.63) is 73.5 Å². The van der Waals surface area contributed by atoms with Gasteiger partial charge >= 0.3 is 5.69 Å². The van der Waals surface area contributed by atoms with E-state index < -0.39 is 16.5 Å². The molecule has 9 nitrogen and oxygen atoms in total. The molecule has 0 aliphatic carbocycles. The van der Waals surface area contributed by atoms with Gasteiger partial charge in [0, 0.05) is 18.9 Å². The third kappa shape index (κ3) is 3.44. The van der Waals surface area contributed by atoms with E-state index in [1.165, 1.54) is 19.3 Å². The number of rotatable bonds is 4. The second-order valence-electron chi connectivity index (χ2n) is 5.61. The first kappa shape index (κ1) is 18.3. The lowest BCUT2D eigenvalue weighted by molar-refractivity contribution is -0.385. The summed E-state index contributed by atoms with van der Waals surface area (Å²) in [6.45, 7) is 1.68. The van der Waals surface area contributed by atoms with Crippen LogP contribution in [0.2, 0.25) is 5.15 Å². The second-order valence-corrected chi connectivity index (χ2v) is 5.97. The van der Waals surface area contributed by atoms with Crippen LogP contribution in [0.5, 0.6) is 0 Å². The van der Waals surface area contributed by atoms with E-state index in [1.807, 2.05) is 0 Å². The molecule has 0 aliphatic heterocycles. The Morgan fingerprint density at radius 1 is 1.30 bits per heavy atom. The highest BCUT2D eigenvalue weighted by molar-refractivity contribution is 6.32. The van der Waals surface area contributed by atoms with Gasteiger partial charge in [0.1, 0.15) is 11.3 Å². The molecule has 0 radical (unpaired) electrons. The molecule has 3 rings (SSSR count). The van der Waals surface area contributed by atoms with Gasteiger partial charge in [0.2, 0.25) is 5.15 Å². The standard InChI is InChI=1S/C17H13ClN4O5/c1-9-13(17(24)21(2)27-9)10-3-5-11(6-4-10)20-16(23)12-7-8-19-15(18)14(12)22(25)26/h3-8H,1-2H3,(H,20,23). The van der Waals surface area contributed by atoms with Crippen molar-refractivity contribution in [2.75, 3.05) is 5.32 Å². The molecule has 0 fully saturated rings. The molecule has 0 unspecified atom stereocenters. The van der Waals surface area contributed by atoms with E-state index >= 15 is 0 Å². The van der Waals surface area contributed by atoms with Crippen LogP contribution in [0.4, 0.5) is 11.4 Å². The molecule has 2 heterocycles. The minimum absolute atomic E-state index is 0.205. The number of anilines is 1. The number of halogens is 1. The lowest BCUT2D eigenvalue weighted by Crippen LogP contribution is -2.14. The fourth-order valence-electron chi connectivity index (χ4n) is 2.63. The van der Waals surface area contributed by atoms with E-state index in [9.17, 15) is 19.7 Å². The van der Waals surface area contributed by atoms with Gasteiger partial charge in [0.05, 0.1) is 10.5 Å². The van der Waals surface area contributed by atoms with Gasteiger partial charge in [-0.1, -0.05) is 23.7 Å². The molecular formula is C17H13ClN4O5. The molecule has 2 aromatic heterocycles. The van der Waals surface area contributed by atoms with Crippen LogP contribution in [0.15, 0.2) is 45.8 Å². The second kappa shape index (κ2) is 7.04. The molecule has 0 saturated carbocycles. The number of carbonyl (C=O) groups excluding carboxylic acids is 1. The van der Waals surface area contributed by atoms with Gasteiger partial charge in [-0.05, 0) is 30.7 Å². The first-order chi connectivity index (χ1) is 12.8. The largest absolute Gasteiger partial charge is 0.381 e. The normalized spacial score (nSPS) is 10.6. The lowest BCUT2D eigenvalue weighted by atomic mass is 10.1. The molecule has 10 heteroatoms. The molecule has 0 bridgehead atoms. The maximum Gasteiger partial charge on any atom is 0.319 e. The summed E-state index contributed by atoms with van der Waals surface area (Å²) in [6, 6.07) is 7.65. The zero-order valence-electron chi connectivity index (χ0n) is 14.2. The van der Waals surface area contributed by atoms with Crippen LogP contribution in [0.25, 0.3) is 11.1 Å². The highest BCUT2D eigenvalue weighted by atomic mass is 35.5. The zero-order chi connectivity index (χ0) is 19.7. The maximum atomic E-state index is 12.4. The number of carbonyl (C=O) groups is 1. The third-order valence-electron chi connectivity index (χ3n) is 3.86. The van der Waals surface area contributed by atoms with Gasteiger partial charge in [-0.3, -0.25) is 19.7 Å². The average Bonchev–Trinajstić information content (AvgIpc) is 2.87. The Morgan fingerprint density at radius 3 is 2.52 bits per heavy atom. The molecule has 0 aliphatic rings.